The lowest BCUT2D eigenvalue weighted by Crippen LogP contribution is -2.51. The van der Waals surface area contributed by atoms with Gasteiger partial charge in [0.05, 0.1) is 6.42 Å². The number of nitrogens with zero attached hydrogens (tertiary/aromatic N) is 1. The molecule has 0 aliphatic carbocycles. The van der Waals surface area contributed by atoms with E-state index in [2.05, 4.69) is 5.32 Å². The molecule has 0 aliphatic rings. The molecule has 0 saturated carbocycles. The summed E-state index contributed by atoms with van der Waals surface area (Å²) < 4.78 is 0. The molecule has 2 aromatic rings. The van der Waals surface area contributed by atoms with E-state index in [1.807, 2.05) is 52.0 Å². The quantitative estimate of drug-likeness (QED) is 0.545. The Balaban J connectivity index is 2.35. The molecule has 2 atom stereocenters. The number of hydrogen-bond acceptors (Lipinski definition) is 2. The maximum Gasteiger partial charge on any atom is 0.243 e. The minimum Gasteiger partial charge on any atom is -0.352 e. The molecular weight excluding hydrogens is 419 g/mol. The van der Waals surface area contributed by atoms with Gasteiger partial charge in [0.2, 0.25) is 11.8 Å². The highest BCUT2D eigenvalue weighted by Crippen LogP contribution is 2.27. The van der Waals surface area contributed by atoms with Gasteiger partial charge < -0.3 is 10.2 Å². The monoisotopic (exact) mass is 448 g/mol. The van der Waals surface area contributed by atoms with E-state index in [0.29, 0.717) is 22.0 Å². The molecule has 2 rings (SSSR count). The summed E-state index contributed by atoms with van der Waals surface area (Å²) in [6.07, 6.45) is 1.51. The summed E-state index contributed by atoms with van der Waals surface area (Å²) >= 11 is 12.7. The molecule has 0 radical (unpaired) electrons. The van der Waals surface area contributed by atoms with Crippen LogP contribution in [0.3, 0.4) is 0 Å². The van der Waals surface area contributed by atoms with Gasteiger partial charge in [0.1, 0.15) is 6.04 Å². The molecule has 6 heteroatoms. The summed E-state index contributed by atoms with van der Waals surface area (Å²) in [7, 11) is 0. The zero-order chi connectivity index (χ0) is 22.3. The highest BCUT2D eigenvalue weighted by atomic mass is 35.5. The van der Waals surface area contributed by atoms with Gasteiger partial charge in [0, 0.05) is 28.2 Å². The fourth-order valence-corrected chi connectivity index (χ4v) is 3.71. The van der Waals surface area contributed by atoms with E-state index in [-0.39, 0.29) is 30.8 Å². The summed E-state index contributed by atoms with van der Waals surface area (Å²) in [5.41, 5.74) is 2.68. The van der Waals surface area contributed by atoms with Gasteiger partial charge in [0.25, 0.3) is 0 Å². The van der Waals surface area contributed by atoms with E-state index in [0.717, 1.165) is 17.5 Å². The smallest absolute Gasteiger partial charge is 0.243 e. The van der Waals surface area contributed by atoms with Crippen molar-refractivity contribution in [2.75, 3.05) is 0 Å². The van der Waals surface area contributed by atoms with Crippen LogP contribution in [-0.2, 0) is 22.6 Å². The van der Waals surface area contributed by atoms with Crippen LogP contribution in [0.4, 0.5) is 0 Å². The molecule has 0 heterocycles. The third kappa shape index (κ3) is 6.48. The summed E-state index contributed by atoms with van der Waals surface area (Å²) in [6.45, 7) is 8.05. The maximum atomic E-state index is 13.3. The molecule has 0 aliphatic heterocycles. The van der Waals surface area contributed by atoms with E-state index >= 15 is 0 Å². The number of carbonyl (C=O) groups is 2. The minimum atomic E-state index is -0.607. The number of aryl methyl sites for hydroxylation is 1. The van der Waals surface area contributed by atoms with Crippen LogP contribution < -0.4 is 5.32 Å². The standard InChI is InChI=1S/C24H30Cl2N2O2/c1-5-17(4)27-24(30)22(6-2)28(15-19-20(25)8-7-9-21(19)26)23(29)14-18-12-10-16(3)11-13-18/h7-13,17,22H,5-6,14-15H2,1-4H3,(H,27,30)/t17-,22+/m1/s1. The van der Waals surface area contributed by atoms with Crippen molar-refractivity contribution in [2.45, 2.75) is 65.6 Å². The van der Waals surface area contributed by atoms with Gasteiger partial charge in [-0.3, -0.25) is 9.59 Å². The molecule has 0 spiro atoms. The predicted octanol–water partition coefficient (Wildman–Crippen LogP) is 5.57. The molecule has 0 saturated heterocycles. The molecular formula is C24H30Cl2N2O2. The number of nitrogens with one attached hydrogen (secondary N) is 1. The molecule has 0 fully saturated rings. The Morgan fingerprint density at radius 3 is 2.13 bits per heavy atom. The third-order valence-electron chi connectivity index (χ3n) is 5.25. The molecule has 162 valence electrons. The molecule has 2 amide bonds. The molecule has 2 aromatic carbocycles. The Kier molecular flexibility index (Phi) is 9.19. The normalized spacial score (nSPS) is 12.9. The highest BCUT2D eigenvalue weighted by molar-refractivity contribution is 6.36. The predicted molar refractivity (Wildman–Crippen MR) is 124 cm³/mol. The fraction of sp³-hybridized carbons (Fsp3) is 0.417. The third-order valence-corrected chi connectivity index (χ3v) is 5.96. The number of halogens is 2. The van der Waals surface area contributed by atoms with Crippen molar-refractivity contribution < 1.29 is 9.59 Å². The first-order valence-corrected chi connectivity index (χ1v) is 11.1. The van der Waals surface area contributed by atoms with Crippen molar-refractivity contribution in [3.8, 4) is 0 Å². The second kappa shape index (κ2) is 11.4. The van der Waals surface area contributed by atoms with Gasteiger partial charge in [-0.2, -0.15) is 0 Å². The SMILES string of the molecule is CC[C@@H](C)NC(=O)[C@H](CC)N(Cc1c(Cl)cccc1Cl)C(=O)Cc1ccc(C)cc1. The van der Waals surface area contributed by atoms with Crippen molar-refractivity contribution in [3.63, 3.8) is 0 Å². The van der Waals surface area contributed by atoms with Crippen molar-refractivity contribution in [1.82, 2.24) is 10.2 Å². The molecule has 30 heavy (non-hydrogen) atoms. The largest absolute Gasteiger partial charge is 0.352 e. The summed E-state index contributed by atoms with van der Waals surface area (Å²) in [6, 6.07) is 12.5. The average Bonchev–Trinajstić information content (AvgIpc) is 2.71. The zero-order valence-electron chi connectivity index (χ0n) is 18.0. The van der Waals surface area contributed by atoms with Crippen LogP contribution in [0.25, 0.3) is 0 Å². The van der Waals surface area contributed by atoms with E-state index < -0.39 is 6.04 Å². The Morgan fingerprint density at radius 2 is 1.60 bits per heavy atom. The second-order valence-corrected chi connectivity index (χ2v) is 8.44. The van der Waals surface area contributed by atoms with Crippen molar-refractivity contribution in [3.05, 3.63) is 69.2 Å². The first-order chi connectivity index (χ1) is 14.3. The fourth-order valence-electron chi connectivity index (χ4n) is 3.20. The molecule has 0 unspecified atom stereocenters. The van der Waals surface area contributed by atoms with E-state index in [1.54, 1.807) is 23.1 Å². The first kappa shape index (κ1) is 24.2. The van der Waals surface area contributed by atoms with Crippen molar-refractivity contribution >= 4 is 35.0 Å². The maximum absolute atomic E-state index is 13.3. The highest BCUT2D eigenvalue weighted by Gasteiger charge is 2.30. The van der Waals surface area contributed by atoms with Crippen LogP contribution in [-0.4, -0.2) is 28.8 Å². The van der Waals surface area contributed by atoms with Gasteiger partial charge in [-0.15, -0.1) is 0 Å². The minimum absolute atomic E-state index is 0.0319. The number of amides is 2. The summed E-state index contributed by atoms with van der Waals surface area (Å²) in [5.74, 6) is -0.298. The Morgan fingerprint density at radius 1 is 1.00 bits per heavy atom. The zero-order valence-corrected chi connectivity index (χ0v) is 19.6. The van der Waals surface area contributed by atoms with Crippen LogP contribution in [0.15, 0.2) is 42.5 Å². The lowest BCUT2D eigenvalue weighted by molar-refractivity contribution is -0.141. The number of benzene rings is 2. The number of hydrogen-bond donors (Lipinski definition) is 1. The number of rotatable bonds is 9. The lowest BCUT2D eigenvalue weighted by Gasteiger charge is -2.32. The van der Waals surface area contributed by atoms with Gasteiger partial charge in [-0.05, 0) is 44.4 Å². The number of carbonyl (C=O) groups excluding carboxylic acids is 2. The lowest BCUT2D eigenvalue weighted by atomic mass is 10.1. The Bertz CT molecular complexity index is 848. The summed E-state index contributed by atoms with van der Waals surface area (Å²) in [4.78, 5) is 27.9. The van der Waals surface area contributed by atoms with E-state index in [4.69, 9.17) is 23.2 Å². The first-order valence-electron chi connectivity index (χ1n) is 10.3. The molecule has 4 nitrogen and oxygen atoms in total. The van der Waals surface area contributed by atoms with Gasteiger partial charge >= 0.3 is 0 Å². The van der Waals surface area contributed by atoms with E-state index in [9.17, 15) is 9.59 Å². The van der Waals surface area contributed by atoms with Crippen LogP contribution in [0.5, 0.6) is 0 Å². The van der Waals surface area contributed by atoms with Gasteiger partial charge in [-0.25, -0.2) is 0 Å². The van der Waals surface area contributed by atoms with Gasteiger partial charge in [0.15, 0.2) is 0 Å². The topological polar surface area (TPSA) is 49.4 Å². The molecule has 0 bridgehead atoms. The van der Waals surface area contributed by atoms with Crippen molar-refractivity contribution in [2.24, 2.45) is 0 Å². The second-order valence-electron chi connectivity index (χ2n) is 7.63. The van der Waals surface area contributed by atoms with E-state index in [1.165, 1.54) is 0 Å². The van der Waals surface area contributed by atoms with Crippen molar-refractivity contribution in [1.29, 1.82) is 0 Å². The van der Waals surface area contributed by atoms with Crippen LogP contribution in [0.1, 0.15) is 50.3 Å². The van der Waals surface area contributed by atoms with Crippen LogP contribution in [0, 0.1) is 6.92 Å². The Hall–Kier alpha value is -2.04. The summed E-state index contributed by atoms with van der Waals surface area (Å²) in [5, 5.41) is 3.96. The Labute approximate surface area is 189 Å². The van der Waals surface area contributed by atoms with Crippen LogP contribution >= 0.6 is 23.2 Å². The van der Waals surface area contributed by atoms with Crippen LogP contribution in [0.2, 0.25) is 10.0 Å². The average molecular weight is 449 g/mol. The molecule has 0 aromatic heterocycles. The van der Waals surface area contributed by atoms with Gasteiger partial charge in [-0.1, -0.05) is 72.9 Å². The molecule has 1 N–H and O–H groups in total.